The molecule has 0 spiro atoms. The van der Waals surface area contributed by atoms with Gasteiger partial charge in [-0.05, 0) is 90.9 Å². The lowest BCUT2D eigenvalue weighted by atomic mass is 9.89. The Morgan fingerprint density at radius 2 is 1.69 bits per heavy atom. The highest BCUT2D eigenvalue weighted by atomic mass is 32.1. The Morgan fingerprint density at radius 3 is 2.40 bits per heavy atom. The van der Waals surface area contributed by atoms with E-state index in [-0.39, 0.29) is 87.4 Å². The minimum absolute atomic E-state index is 0.00523. The molecule has 2 aromatic carbocycles. The number of primary amides is 1. The molecule has 0 fully saturated rings. The number of hydrogen-bond donors (Lipinski definition) is 5. The van der Waals surface area contributed by atoms with Gasteiger partial charge in [-0.3, -0.25) is 43.4 Å². The summed E-state index contributed by atoms with van der Waals surface area (Å²) in [5.74, 6) is -3.31. The van der Waals surface area contributed by atoms with Crippen LogP contribution < -0.4 is 27.0 Å². The molecule has 4 aromatic rings. The van der Waals surface area contributed by atoms with Crippen LogP contribution in [0.2, 0.25) is 0 Å². The zero-order chi connectivity index (χ0) is 51.9. The molecular weight excluding hydrogens is 943 g/mol. The Bertz CT molecular complexity index is 2730. The van der Waals surface area contributed by atoms with Gasteiger partial charge in [0.15, 0.2) is 5.78 Å². The maximum Gasteiger partial charge on any atom is 0.410 e. The second-order valence-corrected chi connectivity index (χ2v) is 19.3. The molecule has 4 heterocycles. The number of hydrogen-bond acceptors (Lipinski definition) is 12. The van der Waals surface area contributed by atoms with E-state index in [1.165, 1.54) is 39.4 Å². The number of pyridine rings is 1. The zero-order valence-electron chi connectivity index (χ0n) is 40.9. The van der Waals surface area contributed by atoms with Crippen molar-refractivity contribution >= 4 is 92.4 Å². The molecule has 72 heavy (non-hydrogen) atoms. The maximum absolute atomic E-state index is 13.7. The molecule has 0 radical (unpaired) electrons. The number of carbonyl (C=O) groups excluding carboxylic acids is 9. The smallest absolute Gasteiger partial charge is 0.410 e. The number of anilines is 2. The first-order valence-electron chi connectivity index (χ1n) is 23.8. The number of rotatable bonds is 23. The molecule has 9 amide bonds. The molecule has 380 valence electrons. The number of thiophene rings is 1. The third kappa shape index (κ3) is 15.1. The van der Waals surface area contributed by atoms with E-state index in [9.17, 15) is 43.2 Å². The van der Waals surface area contributed by atoms with E-state index in [1.807, 2.05) is 12.1 Å². The van der Waals surface area contributed by atoms with Crippen molar-refractivity contribution in [3.8, 4) is 0 Å². The van der Waals surface area contributed by atoms with E-state index in [0.29, 0.717) is 60.4 Å². The molecule has 20 heteroatoms. The van der Waals surface area contributed by atoms with Crippen LogP contribution in [-0.2, 0) is 58.0 Å². The molecule has 0 saturated carbocycles. The summed E-state index contributed by atoms with van der Waals surface area (Å²) in [7, 11) is 1.74. The Balaban J connectivity index is 0.993. The van der Waals surface area contributed by atoms with Crippen LogP contribution in [0.4, 0.5) is 21.1 Å². The van der Waals surface area contributed by atoms with Gasteiger partial charge in [0.05, 0.1) is 19.1 Å². The lowest BCUT2D eigenvalue weighted by Crippen LogP contribution is -2.45. The summed E-state index contributed by atoms with van der Waals surface area (Å²) in [5.41, 5.74) is 8.50. The number of nitrogens with one attached hydrogen (secondary N) is 4. The van der Waals surface area contributed by atoms with Crippen LogP contribution in [0.15, 0.2) is 79.0 Å². The fourth-order valence-electron chi connectivity index (χ4n) is 8.22. The highest BCUT2D eigenvalue weighted by Crippen LogP contribution is 2.31. The van der Waals surface area contributed by atoms with Gasteiger partial charge in [0.1, 0.15) is 19.0 Å². The first kappa shape index (κ1) is 53.6. The summed E-state index contributed by atoms with van der Waals surface area (Å²) in [6.07, 6.45) is 8.45. The van der Waals surface area contributed by atoms with Crippen molar-refractivity contribution in [3.63, 3.8) is 0 Å². The van der Waals surface area contributed by atoms with Gasteiger partial charge in [-0.15, -0.1) is 11.3 Å². The number of ether oxygens (including phenoxy) is 1. The van der Waals surface area contributed by atoms with Crippen LogP contribution in [0, 0.1) is 18.8 Å². The topological polar surface area (TPSA) is 260 Å². The van der Waals surface area contributed by atoms with E-state index >= 15 is 0 Å². The van der Waals surface area contributed by atoms with Crippen LogP contribution in [0.25, 0.3) is 16.2 Å². The van der Waals surface area contributed by atoms with E-state index in [4.69, 9.17) is 10.5 Å². The molecule has 2 aliphatic heterocycles. The Morgan fingerprint density at radius 1 is 0.958 bits per heavy atom. The summed E-state index contributed by atoms with van der Waals surface area (Å²) in [6, 6.07) is 14.8. The van der Waals surface area contributed by atoms with Gasteiger partial charge >= 0.3 is 12.1 Å². The highest BCUT2D eigenvalue weighted by Gasteiger charge is 2.30. The van der Waals surface area contributed by atoms with Crippen molar-refractivity contribution < 1.29 is 47.9 Å². The average Bonchev–Trinajstić information content (AvgIpc) is 3.77. The fourth-order valence-corrected chi connectivity index (χ4v) is 9.49. The van der Waals surface area contributed by atoms with Crippen molar-refractivity contribution in [2.45, 2.75) is 91.5 Å². The number of aromatic nitrogens is 1. The van der Waals surface area contributed by atoms with Crippen LogP contribution >= 0.6 is 11.3 Å². The molecule has 2 atom stereocenters. The number of nitrogens with zero attached hydrogens (tertiary/aromatic N) is 4. The number of benzene rings is 2. The summed E-state index contributed by atoms with van der Waals surface area (Å²) >= 11 is 1.66. The van der Waals surface area contributed by atoms with Crippen molar-refractivity contribution in [3.05, 3.63) is 106 Å². The van der Waals surface area contributed by atoms with Crippen LogP contribution in [0.3, 0.4) is 0 Å². The zero-order valence-corrected chi connectivity index (χ0v) is 41.7. The SMILES string of the molecule is Cc1c(CN(C)C(=O)/C=C/c2cnc3c(c2)CN(C(=O)OCc2ccc(NC(=O)C(CCCNC(N)=O)CC(=O)C(NC(=O)CCCCCN4C(=O)C=CC4=O)C(C)C)cc2)CC(=O)N3)sc2ccccc12. The molecule has 2 unspecified atom stereocenters. The number of imide groups is 1. The van der Waals surface area contributed by atoms with E-state index in [2.05, 4.69) is 45.3 Å². The molecule has 6 rings (SSSR count). The summed E-state index contributed by atoms with van der Waals surface area (Å²) in [4.78, 5) is 124. The number of Topliss-reactive ketones (excluding diaryl/α,β-unsaturated/α-hetero) is 1. The number of carbonyl (C=O) groups is 9. The Hall–Kier alpha value is -7.74. The van der Waals surface area contributed by atoms with E-state index < -0.39 is 35.9 Å². The first-order chi connectivity index (χ1) is 34.4. The first-order valence-corrected chi connectivity index (χ1v) is 24.7. The van der Waals surface area contributed by atoms with Gasteiger partial charge in [0.2, 0.25) is 23.6 Å². The minimum Gasteiger partial charge on any atom is -0.445 e. The van der Waals surface area contributed by atoms with Gasteiger partial charge in [0.25, 0.3) is 11.8 Å². The maximum atomic E-state index is 13.7. The predicted octanol–water partition coefficient (Wildman–Crippen LogP) is 5.96. The molecule has 0 aliphatic carbocycles. The summed E-state index contributed by atoms with van der Waals surface area (Å²) < 4.78 is 6.77. The predicted molar refractivity (Wildman–Crippen MR) is 272 cm³/mol. The number of urea groups is 1. The Kier molecular flexibility index (Phi) is 18.9. The molecule has 19 nitrogen and oxygen atoms in total. The standard InChI is InChI=1S/C52H61N9O10S/c1-32(2)48(57-43(63)14-6-5-9-24-61-46(66)21-22-47(61)67)40(62)26-36(11-10-23-54-51(53)69)50(68)56-38-18-15-34(16-19-38)31-71-52(70)60-28-37-25-35(27-55-49(37)58-44(64)30-60)17-20-45(65)59(4)29-42-33(3)39-12-7-8-13-41(39)72-42/h7-8,12-13,15-22,25,27,32,36,48H,5-6,9-11,14,23-24,26,28-31H2,1-4H3,(H,56,68)(H,57,63)(H3,53,54,69)(H,55,58,64)/b20-17+. The number of fused-ring (bicyclic) bond motifs is 2. The molecule has 0 bridgehead atoms. The van der Waals surface area contributed by atoms with E-state index in [0.717, 1.165) is 15.3 Å². The van der Waals surface area contributed by atoms with Gasteiger partial charge in [-0.25, -0.2) is 14.6 Å². The van der Waals surface area contributed by atoms with Crippen LogP contribution in [0.5, 0.6) is 0 Å². The number of ketones is 1. The number of nitrogens with two attached hydrogens (primary N) is 1. The quantitative estimate of drug-likeness (QED) is 0.0329. The normalized spacial score (nSPS) is 14.2. The third-order valence-electron chi connectivity index (χ3n) is 12.3. The second-order valence-electron chi connectivity index (χ2n) is 18.2. The molecule has 0 saturated heterocycles. The largest absolute Gasteiger partial charge is 0.445 e. The summed E-state index contributed by atoms with van der Waals surface area (Å²) in [5, 5.41) is 12.1. The van der Waals surface area contributed by atoms with Gasteiger partial charge in [-0.1, -0.05) is 50.6 Å². The fraction of sp³-hybridized carbons (Fsp3) is 0.385. The summed E-state index contributed by atoms with van der Waals surface area (Å²) in [6.45, 7) is 6.11. The number of likely N-dealkylation sites (N-methyl/N-ethyl adjacent to an activating group) is 1. The van der Waals surface area contributed by atoms with Crippen LogP contribution in [0.1, 0.15) is 85.9 Å². The van der Waals surface area contributed by atoms with Crippen LogP contribution in [-0.4, -0.2) is 106 Å². The molecular formula is C52H61N9O10S. The minimum atomic E-state index is -0.864. The van der Waals surface area contributed by atoms with E-state index in [1.54, 1.807) is 73.5 Å². The van der Waals surface area contributed by atoms with Crippen molar-refractivity contribution in [2.24, 2.45) is 17.6 Å². The number of amides is 9. The van der Waals surface area contributed by atoms with Crippen molar-refractivity contribution in [2.75, 3.05) is 37.3 Å². The van der Waals surface area contributed by atoms with Crippen molar-refractivity contribution in [1.82, 2.24) is 30.3 Å². The average molecular weight is 1000 g/mol. The second kappa shape index (κ2) is 25.4. The lowest BCUT2D eigenvalue weighted by Gasteiger charge is -2.24. The lowest BCUT2D eigenvalue weighted by molar-refractivity contribution is -0.137. The molecule has 6 N–H and O–H groups in total. The third-order valence-corrected chi connectivity index (χ3v) is 13.5. The monoisotopic (exact) mass is 1000 g/mol. The van der Waals surface area contributed by atoms with Gasteiger partial charge in [-0.2, -0.15) is 0 Å². The number of aryl methyl sites for hydroxylation is 1. The molecule has 2 aliphatic rings. The van der Waals surface area contributed by atoms with Crippen molar-refractivity contribution in [1.29, 1.82) is 0 Å². The van der Waals surface area contributed by atoms with Gasteiger partial charge < -0.3 is 36.6 Å². The van der Waals surface area contributed by atoms with Gasteiger partial charge in [0, 0.05) is 84.1 Å². The number of unbranched alkanes of at least 4 members (excludes halogenated alkanes) is 2. The highest BCUT2D eigenvalue weighted by molar-refractivity contribution is 7.19. The molecule has 2 aromatic heterocycles. The Labute approximate surface area is 421 Å².